The first-order valence-corrected chi connectivity index (χ1v) is 20.3. The van der Waals surface area contributed by atoms with Crippen molar-refractivity contribution in [2.24, 2.45) is 0 Å². The second-order valence-corrected chi connectivity index (χ2v) is 13.6. The van der Waals surface area contributed by atoms with Crippen LogP contribution >= 0.6 is 0 Å². The summed E-state index contributed by atoms with van der Waals surface area (Å²) in [6.07, 6.45) is -30.5. The molecule has 0 aliphatic carbocycles. The zero-order valence-corrected chi connectivity index (χ0v) is 38.8. The van der Waals surface area contributed by atoms with Gasteiger partial charge in [0, 0.05) is 105 Å². The number of hydrogen-bond donors (Lipinski definition) is 12. The molecule has 2 aliphatic rings. The smallest absolute Gasteiger partial charge is 0.475 e. The van der Waals surface area contributed by atoms with Crippen molar-refractivity contribution in [1.82, 2.24) is 31.9 Å². The van der Waals surface area contributed by atoms with E-state index in [9.17, 15) is 99.3 Å². The maximum atomic E-state index is 12.0. The van der Waals surface area contributed by atoms with E-state index in [2.05, 4.69) is 31.9 Å². The van der Waals surface area contributed by atoms with Gasteiger partial charge in [-0.25, -0.2) is 28.8 Å². The Bertz CT molecular complexity index is 1750. The Morgan fingerprint density at radius 1 is 0.346 bits per heavy atom. The van der Waals surface area contributed by atoms with Gasteiger partial charge in [0.15, 0.2) is 0 Å². The summed E-state index contributed by atoms with van der Waals surface area (Å²) in [5.41, 5.74) is 0.345. The molecule has 0 aromatic heterocycles. The molecule has 44 heteroatoms. The highest BCUT2D eigenvalue weighted by Gasteiger charge is 2.41. The minimum absolute atomic E-state index is 0.240. The third-order valence-corrected chi connectivity index (χ3v) is 7.75. The summed E-state index contributed by atoms with van der Waals surface area (Å²) >= 11 is 0. The lowest BCUT2D eigenvalue weighted by Crippen LogP contribution is -2.43. The van der Waals surface area contributed by atoms with Crippen LogP contribution in [0, 0.1) is 20.2 Å². The summed E-state index contributed by atoms with van der Waals surface area (Å²) in [6.45, 7) is 11.4. The molecule has 0 amide bonds. The van der Waals surface area contributed by atoms with E-state index in [4.69, 9.17) is 59.4 Å². The first-order chi connectivity index (χ1) is 35.2. The van der Waals surface area contributed by atoms with Crippen LogP contribution in [0.25, 0.3) is 0 Å². The van der Waals surface area contributed by atoms with Crippen molar-refractivity contribution in [1.29, 1.82) is 0 Å². The van der Waals surface area contributed by atoms with Crippen molar-refractivity contribution in [2.75, 3.05) is 115 Å². The Kier molecular flexibility index (Phi) is 36.6. The van der Waals surface area contributed by atoms with Crippen molar-refractivity contribution >= 4 is 58.6 Å². The molecule has 454 valence electrons. The third kappa shape index (κ3) is 40.2. The monoisotopic (exact) mass is 1190 g/mol. The van der Waals surface area contributed by atoms with E-state index in [1.54, 1.807) is 6.07 Å². The fourth-order valence-corrected chi connectivity index (χ4v) is 4.37. The molecule has 2 aliphatic heterocycles. The van der Waals surface area contributed by atoms with Crippen molar-refractivity contribution in [2.45, 2.75) is 37.1 Å². The molecule has 0 saturated carbocycles. The predicted octanol–water partition coefficient (Wildman–Crippen LogP) is 2.48. The summed E-state index contributed by atoms with van der Waals surface area (Å²) in [7, 11) is 0. The number of nitro groups is 2. The predicted molar refractivity (Wildman–Crippen MR) is 224 cm³/mol. The van der Waals surface area contributed by atoms with Crippen molar-refractivity contribution in [3.8, 4) is 0 Å². The van der Waals surface area contributed by atoms with Gasteiger partial charge in [-0.05, 0) is 6.07 Å². The van der Waals surface area contributed by atoms with Gasteiger partial charge in [-0.15, -0.1) is 0 Å². The quantitative estimate of drug-likeness (QED) is 0.117. The molecule has 0 atom stereocenters. The third-order valence-electron chi connectivity index (χ3n) is 7.75. The van der Waals surface area contributed by atoms with E-state index < -0.39 is 82.7 Å². The minimum Gasteiger partial charge on any atom is -0.475 e. The van der Waals surface area contributed by atoms with Gasteiger partial charge in [0.05, 0.1) is 15.9 Å². The van der Waals surface area contributed by atoms with Gasteiger partial charge in [-0.2, -0.15) is 79.0 Å². The molecular weight excluding hydrogens is 1150 g/mol. The molecule has 2 saturated heterocycles. The molecule has 12 N–H and O–H groups in total. The van der Waals surface area contributed by atoms with Gasteiger partial charge in [0.1, 0.15) is 11.4 Å². The lowest BCUT2D eigenvalue weighted by molar-refractivity contribution is -0.393. The Labute approximate surface area is 423 Å². The number of rotatable bonds is 4. The first-order valence-electron chi connectivity index (χ1n) is 20.3. The summed E-state index contributed by atoms with van der Waals surface area (Å²) < 4.78 is 190. The number of nitro benzene ring substituents is 2. The Morgan fingerprint density at radius 3 is 0.615 bits per heavy atom. The van der Waals surface area contributed by atoms with Crippen LogP contribution in [0.15, 0.2) is 12.1 Å². The Morgan fingerprint density at radius 2 is 0.487 bits per heavy atom. The summed E-state index contributed by atoms with van der Waals surface area (Å²) in [5.74, 6) is -16.5. The van der Waals surface area contributed by atoms with Crippen molar-refractivity contribution in [3.63, 3.8) is 0 Å². The standard InChI is InChI=1S/C22H40N10O4.6C2HF3O2/c33-31(34)21-18-22(32(35)36)20(30-15-11-27-7-3-24-4-8-28-12-16-30)17-19(21)29-13-9-25-5-1-23-2-6-26-10-14-29;6*3-2(4,5)1(6)7/h17-18,23-28H,1-16H2;6*(H,6,7). The topological polar surface area (TPSA) is 389 Å². The highest BCUT2D eigenvalue weighted by Crippen LogP contribution is 2.40. The van der Waals surface area contributed by atoms with E-state index in [1.165, 1.54) is 0 Å². The molecule has 26 nitrogen and oxygen atoms in total. The number of carboxylic acids is 6. The average Bonchev–Trinajstić information content (AvgIpc) is 3.25. The van der Waals surface area contributed by atoms with Crippen LogP contribution in [0.2, 0.25) is 0 Å². The summed E-state index contributed by atoms with van der Waals surface area (Å²) in [5, 5.41) is 87.0. The lowest BCUT2D eigenvalue weighted by Gasteiger charge is -2.29. The van der Waals surface area contributed by atoms with E-state index in [1.807, 2.05) is 9.80 Å². The molecule has 0 unspecified atom stereocenters. The second kappa shape index (κ2) is 36.9. The zero-order valence-electron chi connectivity index (χ0n) is 38.8. The van der Waals surface area contributed by atoms with Crippen LogP contribution in [0.3, 0.4) is 0 Å². The van der Waals surface area contributed by atoms with E-state index in [0.29, 0.717) is 63.7 Å². The van der Waals surface area contributed by atoms with Gasteiger partial charge in [-0.1, -0.05) is 0 Å². The summed E-state index contributed by atoms with van der Waals surface area (Å²) in [4.78, 5) is 80.3. The number of nitrogens with zero attached hydrogens (tertiary/aromatic N) is 4. The van der Waals surface area contributed by atoms with Gasteiger partial charge in [0.2, 0.25) is 0 Å². The molecule has 3 rings (SSSR count). The highest BCUT2D eigenvalue weighted by molar-refractivity contribution is 5.79. The fourth-order valence-electron chi connectivity index (χ4n) is 4.37. The molecule has 0 spiro atoms. The molecular formula is C34H46F18N10O16. The minimum atomic E-state index is -5.08. The maximum absolute atomic E-state index is 12.0. The SMILES string of the molecule is O=C(O)C(F)(F)F.O=C(O)C(F)(F)F.O=C(O)C(F)(F)F.O=C(O)C(F)(F)F.O=C(O)C(F)(F)F.O=C(O)C(F)(F)F.O=[N+]([O-])c1cc([N+](=O)[O-])c(N2CCNCCNCCNCC2)cc1N1CCNCCNCCNCC1. The maximum Gasteiger partial charge on any atom is 0.490 e. The van der Waals surface area contributed by atoms with Gasteiger partial charge in [-0.3, -0.25) is 20.2 Å². The molecule has 78 heavy (non-hydrogen) atoms. The van der Waals surface area contributed by atoms with E-state index in [0.717, 1.165) is 58.4 Å². The fraction of sp³-hybridized carbons (Fsp3) is 0.647. The average molecular weight is 1190 g/mol. The van der Waals surface area contributed by atoms with Crippen LogP contribution in [0.4, 0.5) is 102 Å². The molecule has 2 fully saturated rings. The van der Waals surface area contributed by atoms with Crippen LogP contribution in [-0.4, -0.2) is 218 Å². The molecule has 2 heterocycles. The number of carboxylic acid groups (broad SMARTS) is 6. The van der Waals surface area contributed by atoms with Crippen molar-refractivity contribution in [3.05, 3.63) is 32.4 Å². The number of anilines is 2. The number of halogens is 18. The number of carbonyl (C=O) groups is 6. The molecule has 0 radical (unpaired) electrons. The number of benzene rings is 1. The molecule has 1 aromatic carbocycles. The normalized spacial score (nSPS) is 15.5. The van der Waals surface area contributed by atoms with E-state index >= 15 is 0 Å². The Balaban J connectivity index is -0.000000522. The number of hydrogen-bond acceptors (Lipinski definition) is 18. The van der Waals surface area contributed by atoms with Crippen LogP contribution in [0.1, 0.15) is 0 Å². The molecule has 0 bridgehead atoms. The lowest BCUT2D eigenvalue weighted by atomic mass is 10.1. The van der Waals surface area contributed by atoms with Crippen LogP contribution in [-0.2, 0) is 28.8 Å². The number of alkyl halides is 18. The number of aliphatic carboxylic acids is 6. The largest absolute Gasteiger partial charge is 0.490 e. The van der Waals surface area contributed by atoms with Crippen LogP contribution in [0.5, 0.6) is 0 Å². The highest BCUT2D eigenvalue weighted by atomic mass is 19.4. The first kappa shape index (κ1) is 77.4. The van der Waals surface area contributed by atoms with E-state index in [-0.39, 0.29) is 11.4 Å². The van der Waals surface area contributed by atoms with Gasteiger partial charge in [0.25, 0.3) is 11.4 Å². The zero-order chi connectivity index (χ0) is 62.1. The van der Waals surface area contributed by atoms with Crippen molar-refractivity contribution < 1.29 is 148 Å². The second-order valence-electron chi connectivity index (χ2n) is 13.6. The Hall–Kier alpha value is -7.06. The summed E-state index contributed by atoms with van der Waals surface area (Å²) in [6, 6.07) is 2.78. The number of nitrogens with one attached hydrogen (secondary N) is 6. The van der Waals surface area contributed by atoms with Crippen LogP contribution < -0.4 is 41.7 Å². The molecule has 1 aromatic rings. The van der Waals surface area contributed by atoms with Gasteiger partial charge < -0.3 is 72.3 Å². The van der Waals surface area contributed by atoms with Gasteiger partial charge >= 0.3 is 72.9 Å².